The van der Waals surface area contributed by atoms with Gasteiger partial charge in [-0.05, 0) is 37.5 Å². The number of carbonyl (C=O) groups is 1. The topological polar surface area (TPSA) is 64.3 Å². The van der Waals surface area contributed by atoms with Gasteiger partial charge in [0.25, 0.3) is 0 Å². The van der Waals surface area contributed by atoms with Crippen LogP contribution >= 0.6 is 11.6 Å². The Morgan fingerprint density at radius 3 is 2.95 bits per heavy atom. The average Bonchev–Trinajstić information content (AvgIpc) is 2.47. The quantitative estimate of drug-likeness (QED) is 0.921. The summed E-state index contributed by atoms with van der Waals surface area (Å²) in [5, 5.41) is 19.5. The molecule has 0 amide bonds. The summed E-state index contributed by atoms with van der Waals surface area (Å²) in [5.41, 5.74) is 0.561. The molecule has 1 aromatic carbocycles. The molecule has 0 aromatic heterocycles. The van der Waals surface area contributed by atoms with E-state index >= 15 is 0 Å². The Morgan fingerprint density at radius 2 is 2.33 bits per heavy atom. The van der Waals surface area contributed by atoms with E-state index in [2.05, 4.69) is 6.07 Å². The summed E-state index contributed by atoms with van der Waals surface area (Å²) in [6.07, 6.45) is 2.99. The molecule has 1 N–H and O–H groups in total. The number of hydrogen-bond acceptors (Lipinski definition) is 3. The van der Waals surface area contributed by atoms with Gasteiger partial charge in [0.15, 0.2) is 0 Å². The lowest BCUT2D eigenvalue weighted by molar-refractivity contribution is -0.150. The van der Waals surface area contributed by atoms with Gasteiger partial charge in [0.05, 0.1) is 16.7 Å². The molecular weight excluding hydrogens is 288 g/mol. The first-order valence-electron chi connectivity index (χ1n) is 7.20. The Balaban J connectivity index is 2.35. The molecule has 1 fully saturated rings. The van der Waals surface area contributed by atoms with Crippen LogP contribution in [0, 0.1) is 16.7 Å². The fourth-order valence-electron chi connectivity index (χ4n) is 3.16. The van der Waals surface area contributed by atoms with E-state index in [0.29, 0.717) is 30.0 Å². The molecule has 1 aromatic rings. The van der Waals surface area contributed by atoms with E-state index in [1.807, 2.05) is 11.8 Å². The molecule has 112 valence electrons. The van der Waals surface area contributed by atoms with Gasteiger partial charge in [-0.2, -0.15) is 5.26 Å². The van der Waals surface area contributed by atoms with Crippen LogP contribution < -0.4 is 4.90 Å². The van der Waals surface area contributed by atoms with Crippen LogP contribution in [0.2, 0.25) is 5.02 Å². The minimum atomic E-state index is -0.741. The predicted molar refractivity (Wildman–Crippen MR) is 82.6 cm³/mol. The maximum atomic E-state index is 11.7. The second-order valence-corrected chi connectivity index (χ2v) is 6.07. The first-order valence-corrected chi connectivity index (χ1v) is 7.58. The van der Waals surface area contributed by atoms with Gasteiger partial charge >= 0.3 is 5.97 Å². The first-order chi connectivity index (χ1) is 10.0. The zero-order valence-electron chi connectivity index (χ0n) is 12.1. The molecule has 4 nitrogen and oxygen atoms in total. The molecule has 0 aliphatic carbocycles. The summed E-state index contributed by atoms with van der Waals surface area (Å²) in [6, 6.07) is 7.29. The van der Waals surface area contributed by atoms with Gasteiger partial charge in [0.2, 0.25) is 0 Å². The first kappa shape index (κ1) is 15.7. The van der Waals surface area contributed by atoms with Crippen molar-refractivity contribution in [1.29, 1.82) is 5.26 Å². The van der Waals surface area contributed by atoms with Gasteiger partial charge in [-0.1, -0.05) is 24.9 Å². The lowest BCUT2D eigenvalue weighted by Crippen LogP contribution is -2.48. The number of benzene rings is 1. The molecule has 1 aliphatic rings. The van der Waals surface area contributed by atoms with Crippen molar-refractivity contribution in [2.45, 2.75) is 32.6 Å². The third kappa shape index (κ3) is 3.14. The second kappa shape index (κ2) is 6.36. The lowest BCUT2D eigenvalue weighted by atomic mass is 9.76. The molecule has 1 saturated heterocycles. The van der Waals surface area contributed by atoms with Gasteiger partial charge in [0.1, 0.15) is 6.07 Å². The van der Waals surface area contributed by atoms with Crippen LogP contribution in [0.15, 0.2) is 18.2 Å². The standard InChI is InChI=1S/C16H19ClN2O2/c1-2-6-16(15(20)21)7-3-8-19(11-16)14-9-13(17)5-4-12(14)10-18/h4-5,9H,2-3,6-8,11H2,1H3,(H,20,21). The number of rotatable bonds is 4. The Kier molecular flexibility index (Phi) is 4.74. The van der Waals surface area contributed by atoms with E-state index in [1.54, 1.807) is 18.2 Å². The van der Waals surface area contributed by atoms with Gasteiger partial charge in [-0.25, -0.2) is 0 Å². The van der Waals surface area contributed by atoms with Crippen molar-refractivity contribution in [1.82, 2.24) is 0 Å². The monoisotopic (exact) mass is 306 g/mol. The average molecular weight is 307 g/mol. The minimum Gasteiger partial charge on any atom is -0.481 e. The summed E-state index contributed by atoms with van der Waals surface area (Å²) in [5.74, 6) is -0.741. The molecule has 21 heavy (non-hydrogen) atoms. The highest BCUT2D eigenvalue weighted by Crippen LogP contribution is 2.38. The Bertz CT molecular complexity index is 578. The molecule has 1 aliphatic heterocycles. The highest BCUT2D eigenvalue weighted by atomic mass is 35.5. The van der Waals surface area contributed by atoms with Crippen LogP contribution in [-0.4, -0.2) is 24.2 Å². The van der Waals surface area contributed by atoms with E-state index in [9.17, 15) is 15.2 Å². The number of carboxylic acids is 1. The van der Waals surface area contributed by atoms with Crippen LogP contribution in [0.5, 0.6) is 0 Å². The summed E-state index contributed by atoms with van der Waals surface area (Å²) < 4.78 is 0. The number of carboxylic acid groups (broad SMARTS) is 1. The van der Waals surface area contributed by atoms with Crippen molar-refractivity contribution in [3.63, 3.8) is 0 Å². The molecule has 1 unspecified atom stereocenters. The molecule has 0 spiro atoms. The van der Waals surface area contributed by atoms with Crippen LogP contribution in [0.3, 0.4) is 0 Å². The van der Waals surface area contributed by atoms with Crippen molar-refractivity contribution < 1.29 is 9.90 Å². The third-order valence-electron chi connectivity index (χ3n) is 4.18. The number of hydrogen-bond donors (Lipinski definition) is 1. The lowest BCUT2D eigenvalue weighted by Gasteiger charge is -2.41. The molecular formula is C16H19ClN2O2. The minimum absolute atomic E-state index is 0.436. The number of piperidine rings is 1. The fraction of sp³-hybridized carbons (Fsp3) is 0.500. The SMILES string of the molecule is CCCC1(C(=O)O)CCCN(c2cc(Cl)ccc2C#N)C1. The second-order valence-electron chi connectivity index (χ2n) is 5.63. The van der Waals surface area contributed by atoms with E-state index in [1.165, 1.54) is 0 Å². The van der Waals surface area contributed by atoms with Gasteiger partial charge in [-0.15, -0.1) is 0 Å². The third-order valence-corrected chi connectivity index (χ3v) is 4.42. The van der Waals surface area contributed by atoms with Crippen LogP contribution in [0.25, 0.3) is 0 Å². The summed E-state index contributed by atoms with van der Waals surface area (Å²) in [7, 11) is 0. The number of anilines is 1. The zero-order chi connectivity index (χ0) is 15.5. The Morgan fingerprint density at radius 1 is 1.57 bits per heavy atom. The summed E-state index contributed by atoms with van der Waals surface area (Å²) >= 11 is 6.04. The normalized spacial score (nSPS) is 21.9. The molecule has 0 radical (unpaired) electrons. The van der Waals surface area contributed by atoms with E-state index < -0.39 is 11.4 Å². The number of nitrogens with zero attached hydrogens (tertiary/aromatic N) is 2. The maximum absolute atomic E-state index is 11.7. The summed E-state index contributed by atoms with van der Waals surface area (Å²) in [6.45, 7) is 3.20. The molecule has 2 rings (SSSR count). The Labute approximate surface area is 129 Å². The highest BCUT2D eigenvalue weighted by Gasteiger charge is 2.42. The van der Waals surface area contributed by atoms with E-state index in [4.69, 9.17) is 11.6 Å². The van der Waals surface area contributed by atoms with Crippen molar-refractivity contribution in [3.8, 4) is 6.07 Å². The molecule has 1 atom stereocenters. The van der Waals surface area contributed by atoms with Crippen molar-refractivity contribution in [3.05, 3.63) is 28.8 Å². The van der Waals surface area contributed by atoms with Gasteiger partial charge < -0.3 is 10.0 Å². The fourth-order valence-corrected chi connectivity index (χ4v) is 3.33. The number of halogens is 1. The van der Waals surface area contributed by atoms with Gasteiger partial charge in [-0.3, -0.25) is 4.79 Å². The zero-order valence-corrected chi connectivity index (χ0v) is 12.9. The molecule has 1 heterocycles. The smallest absolute Gasteiger partial charge is 0.311 e. The van der Waals surface area contributed by atoms with Crippen LogP contribution in [0.4, 0.5) is 5.69 Å². The molecule has 5 heteroatoms. The highest BCUT2D eigenvalue weighted by molar-refractivity contribution is 6.30. The molecule has 0 saturated carbocycles. The Hall–Kier alpha value is -1.73. The largest absolute Gasteiger partial charge is 0.481 e. The summed E-state index contributed by atoms with van der Waals surface area (Å²) in [4.78, 5) is 13.7. The van der Waals surface area contributed by atoms with E-state index in [0.717, 1.165) is 25.1 Å². The van der Waals surface area contributed by atoms with Gasteiger partial charge in [0, 0.05) is 18.1 Å². The van der Waals surface area contributed by atoms with Crippen LogP contribution in [0.1, 0.15) is 38.2 Å². The van der Waals surface area contributed by atoms with Crippen molar-refractivity contribution in [2.75, 3.05) is 18.0 Å². The maximum Gasteiger partial charge on any atom is 0.311 e. The van der Waals surface area contributed by atoms with Crippen LogP contribution in [-0.2, 0) is 4.79 Å². The van der Waals surface area contributed by atoms with Crippen molar-refractivity contribution in [2.24, 2.45) is 5.41 Å². The van der Waals surface area contributed by atoms with Crippen molar-refractivity contribution >= 4 is 23.3 Å². The number of aliphatic carboxylic acids is 1. The number of nitriles is 1. The predicted octanol–water partition coefficient (Wildman–Crippen LogP) is 3.68. The molecule has 0 bridgehead atoms. The van der Waals surface area contributed by atoms with E-state index in [-0.39, 0.29) is 0 Å².